The van der Waals surface area contributed by atoms with E-state index in [1.807, 2.05) is 30.0 Å². The van der Waals surface area contributed by atoms with Crippen LogP contribution in [0.25, 0.3) is 0 Å². The lowest BCUT2D eigenvalue weighted by atomic mass is 10.1. The van der Waals surface area contributed by atoms with Gasteiger partial charge in [0.15, 0.2) is 0 Å². The second kappa shape index (κ2) is 7.66. The molecule has 1 aliphatic rings. The minimum atomic E-state index is 0.469. The zero-order valence-corrected chi connectivity index (χ0v) is 14.8. The molecule has 126 valence electrons. The van der Waals surface area contributed by atoms with Crippen molar-refractivity contribution in [3.05, 3.63) is 90.0 Å². The van der Waals surface area contributed by atoms with Gasteiger partial charge in [0, 0.05) is 22.4 Å². The van der Waals surface area contributed by atoms with Gasteiger partial charge >= 0.3 is 0 Å². The molecule has 3 aromatic rings. The molecular weight excluding hydrogens is 326 g/mol. The van der Waals surface area contributed by atoms with E-state index >= 15 is 0 Å². The minimum absolute atomic E-state index is 0.469. The predicted octanol–water partition coefficient (Wildman–Crippen LogP) is 5.39. The van der Waals surface area contributed by atoms with Gasteiger partial charge in [-0.25, -0.2) is 0 Å². The van der Waals surface area contributed by atoms with Crippen molar-refractivity contribution >= 4 is 17.4 Å². The molecule has 0 amide bonds. The first-order valence-electron chi connectivity index (χ1n) is 8.61. The van der Waals surface area contributed by atoms with Crippen LogP contribution >= 0.6 is 11.8 Å². The van der Waals surface area contributed by atoms with Gasteiger partial charge in [0.05, 0.1) is 0 Å². The molecule has 0 saturated carbocycles. The second-order valence-corrected chi connectivity index (χ2v) is 7.33. The van der Waals surface area contributed by atoms with E-state index in [0.717, 1.165) is 17.9 Å². The van der Waals surface area contributed by atoms with Gasteiger partial charge in [-0.05, 0) is 41.8 Å². The van der Waals surface area contributed by atoms with E-state index in [2.05, 4.69) is 66.0 Å². The summed E-state index contributed by atoms with van der Waals surface area (Å²) >= 11 is 1.94. The van der Waals surface area contributed by atoms with Crippen molar-refractivity contribution in [1.29, 1.82) is 0 Å². The number of ether oxygens (including phenoxy) is 1. The molecule has 0 fully saturated rings. The van der Waals surface area contributed by atoms with E-state index in [1.165, 1.54) is 21.7 Å². The second-order valence-electron chi connectivity index (χ2n) is 6.27. The lowest BCUT2D eigenvalue weighted by Crippen LogP contribution is -2.28. The average Bonchev–Trinajstić information content (AvgIpc) is 2.68. The van der Waals surface area contributed by atoms with E-state index in [1.54, 1.807) is 0 Å². The fraction of sp³-hybridized carbons (Fsp3) is 0.182. The van der Waals surface area contributed by atoms with Gasteiger partial charge in [-0.2, -0.15) is 0 Å². The maximum Gasteiger partial charge on any atom is 0.119 e. The van der Waals surface area contributed by atoms with E-state index < -0.39 is 0 Å². The Kier molecular flexibility index (Phi) is 4.93. The van der Waals surface area contributed by atoms with E-state index in [4.69, 9.17) is 4.74 Å². The van der Waals surface area contributed by atoms with Gasteiger partial charge in [0.25, 0.3) is 0 Å². The van der Waals surface area contributed by atoms with E-state index in [9.17, 15) is 0 Å². The van der Waals surface area contributed by atoms with Crippen LogP contribution in [0.4, 0.5) is 5.69 Å². The highest BCUT2D eigenvalue weighted by atomic mass is 32.2. The summed E-state index contributed by atoms with van der Waals surface area (Å²) in [5, 5.41) is 3.65. The maximum atomic E-state index is 5.86. The number of anilines is 1. The van der Waals surface area contributed by atoms with Crippen LogP contribution in [0.3, 0.4) is 0 Å². The topological polar surface area (TPSA) is 21.3 Å². The Morgan fingerprint density at radius 1 is 0.840 bits per heavy atom. The fourth-order valence-corrected chi connectivity index (χ4v) is 4.06. The van der Waals surface area contributed by atoms with Gasteiger partial charge in [-0.3, -0.25) is 0 Å². The molecule has 1 N–H and O–H groups in total. The SMILES string of the molecule is c1ccc(COc2ccc(C[C@H]3CSc4ccccc4N3)cc2)cc1. The zero-order valence-electron chi connectivity index (χ0n) is 14.0. The molecule has 0 aliphatic carbocycles. The van der Waals surface area contributed by atoms with Crippen molar-refractivity contribution in [3.63, 3.8) is 0 Å². The third kappa shape index (κ3) is 4.18. The van der Waals surface area contributed by atoms with Crippen LogP contribution < -0.4 is 10.1 Å². The van der Waals surface area contributed by atoms with Crippen molar-refractivity contribution in [2.75, 3.05) is 11.1 Å². The Labute approximate surface area is 153 Å². The van der Waals surface area contributed by atoms with E-state index in [-0.39, 0.29) is 0 Å². The van der Waals surface area contributed by atoms with Gasteiger partial charge in [0.1, 0.15) is 12.4 Å². The highest BCUT2D eigenvalue weighted by Gasteiger charge is 2.17. The lowest BCUT2D eigenvalue weighted by molar-refractivity contribution is 0.306. The normalized spacial score (nSPS) is 15.9. The number of hydrogen-bond donors (Lipinski definition) is 1. The van der Waals surface area contributed by atoms with Gasteiger partial charge in [-0.1, -0.05) is 54.6 Å². The maximum absolute atomic E-state index is 5.86. The summed E-state index contributed by atoms with van der Waals surface area (Å²) in [7, 11) is 0. The van der Waals surface area contributed by atoms with Crippen molar-refractivity contribution in [2.45, 2.75) is 24.0 Å². The monoisotopic (exact) mass is 347 g/mol. The van der Waals surface area contributed by atoms with Crippen LogP contribution in [-0.2, 0) is 13.0 Å². The molecule has 0 bridgehead atoms. The van der Waals surface area contributed by atoms with Crippen LogP contribution in [0.5, 0.6) is 5.75 Å². The number of para-hydroxylation sites is 1. The molecule has 0 aromatic heterocycles. The Morgan fingerprint density at radius 3 is 2.44 bits per heavy atom. The molecule has 3 aromatic carbocycles. The number of nitrogens with one attached hydrogen (secondary N) is 1. The van der Waals surface area contributed by atoms with Gasteiger partial charge < -0.3 is 10.1 Å². The number of fused-ring (bicyclic) bond motifs is 1. The lowest BCUT2D eigenvalue weighted by Gasteiger charge is -2.26. The molecule has 0 spiro atoms. The average molecular weight is 347 g/mol. The van der Waals surface area contributed by atoms with Crippen LogP contribution in [0.15, 0.2) is 83.8 Å². The minimum Gasteiger partial charge on any atom is -0.489 e. The molecule has 0 radical (unpaired) electrons. The van der Waals surface area contributed by atoms with E-state index in [0.29, 0.717) is 12.6 Å². The van der Waals surface area contributed by atoms with Crippen LogP contribution in [0, 0.1) is 0 Å². The van der Waals surface area contributed by atoms with Crippen molar-refractivity contribution < 1.29 is 4.74 Å². The van der Waals surface area contributed by atoms with Crippen LogP contribution in [-0.4, -0.2) is 11.8 Å². The molecular formula is C22H21NOS. The summed E-state index contributed by atoms with van der Waals surface area (Å²) in [6.07, 6.45) is 1.03. The summed E-state index contributed by atoms with van der Waals surface area (Å²) < 4.78 is 5.86. The molecule has 25 heavy (non-hydrogen) atoms. The predicted molar refractivity (Wildman–Crippen MR) is 105 cm³/mol. The standard InChI is InChI=1S/C22H21NOS/c1-2-6-18(7-3-1)15-24-20-12-10-17(11-13-20)14-19-16-25-22-9-5-4-8-21(22)23-19/h1-13,19,23H,14-16H2/t19-/m0/s1. The number of benzene rings is 3. The summed E-state index contributed by atoms with van der Waals surface area (Å²) in [6, 6.07) is 27.8. The van der Waals surface area contributed by atoms with Crippen LogP contribution in [0.1, 0.15) is 11.1 Å². The Bertz CT molecular complexity index is 817. The van der Waals surface area contributed by atoms with Crippen LogP contribution in [0.2, 0.25) is 0 Å². The molecule has 0 saturated heterocycles. The number of thioether (sulfide) groups is 1. The van der Waals surface area contributed by atoms with Crippen molar-refractivity contribution in [2.24, 2.45) is 0 Å². The number of hydrogen-bond acceptors (Lipinski definition) is 3. The number of rotatable bonds is 5. The Morgan fingerprint density at radius 2 is 1.60 bits per heavy atom. The largest absolute Gasteiger partial charge is 0.489 e. The summed E-state index contributed by atoms with van der Waals surface area (Å²) in [4.78, 5) is 1.35. The fourth-order valence-electron chi connectivity index (χ4n) is 3.02. The molecule has 0 unspecified atom stereocenters. The Hall–Kier alpha value is -2.39. The summed E-state index contributed by atoms with van der Waals surface area (Å²) in [5.41, 5.74) is 3.78. The van der Waals surface area contributed by atoms with Gasteiger partial charge in [0.2, 0.25) is 0 Å². The Balaban J connectivity index is 1.33. The van der Waals surface area contributed by atoms with Crippen molar-refractivity contribution in [1.82, 2.24) is 0 Å². The zero-order chi connectivity index (χ0) is 16.9. The summed E-state index contributed by atoms with van der Waals surface area (Å²) in [6.45, 7) is 0.609. The molecule has 1 heterocycles. The highest BCUT2D eigenvalue weighted by molar-refractivity contribution is 7.99. The summed E-state index contributed by atoms with van der Waals surface area (Å²) in [5.74, 6) is 2.02. The smallest absolute Gasteiger partial charge is 0.119 e. The molecule has 2 nitrogen and oxygen atoms in total. The van der Waals surface area contributed by atoms with Crippen molar-refractivity contribution in [3.8, 4) is 5.75 Å². The van der Waals surface area contributed by atoms with Gasteiger partial charge in [-0.15, -0.1) is 11.8 Å². The first-order valence-corrected chi connectivity index (χ1v) is 9.59. The first-order chi connectivity index (χ1) is 12.4. The molecule has 4 rings (SSSR count). The third-order valence-electron chi connectivity index (χ3n) is 4.34. The molecule has 1 aliphatic heterocycles. The first kappa shape index (κ1) is 16.1. The highest BCUT2D eigenvalue weighted by Crippen LogP contribution is 2.33. The molecule has 3 heteroatoms. The quantitative estimate of drug-likeness (QED) is 0.668. The third-order valence-corrected chi connectivity index (χ3v) is 5.58. The molecule has 1 atom stereocenters.